The summed E-state index contributed by atoms with van der Waals surface area (Å²) in [4.78, 5) is 8.85. The van der Waals surface area contributed by atoms with Crippen molar-refractivity contribution < 1.29 is 4.94 Å². The van der Waals surface area contributed by atoms with Gasteiger partial charge in [0.25, 0.3) is 0 Å². The molecule has 0 bridgehead atoms. The fourth-order valence-electron chi connectivity index (χ4n) is 3.34. The predicted molar refractivity (Wildman–Crippen MR) is 129 cm³/mol. The van der Waals surface area contributed by atoms with Crippen molar-refractivity contribution in [1.82, 2.24) is 14.6 Å². The number of nitrogens with one attached hydrogen (secondary N) is 1. The fourth-order valence-corrected chi connectivity index (χ4v) is 3.34. The summed E-state index contributed by atoms with van der Waals surface area (Å²) in [6.07, 6.45) is 13.5. The second kappa shape index (κ2) is 9.15. The number of oxime groups is 1. The monoisotopic (exact) mass is 425 g/mol. The molecular weight excluding hydrogens is 402 g/mol. The van der Waals surface area contributed by atoms with E-state index in [9.17, 15) is 0 Å². The van der Waals surface area contributed by atoms with Crippen LogP contribution >= 0.6 is 0 Å². The Morgan fingerprint density at radius 1 is 1.25 bits per heavy atom. The molecule has 4 rings (SSSR count). The lowest BCUT2D eigenvalue weighted by atomic mass is 10.0. The van der Waals surface area contributed by atoms with Crippen molar-refractivity contribution in [3.63, 3.8) is 0 Å². The average molecular weight is 425 g/mol. The highest BCUT2D eigenvalue weighted by Gasteiger charge is 2.14. The fraction of sp³-hybridized carbons (Fsp3) is 0.0417. The lowest BCUT2D eigenvalue weighted by molar-refractivity contribution is 0.149. The summed E-state index contributed by atoms with van der Waals surface area (Å²) in [6.45, 7) is 7.74. The number of allylic oxidation sites excluding steroid dienone is 6. The molecule has 8 heteroatoms. The summed E-state index contributed by atoms with van der Waals surface area (Å²) in [5.74, 6) is 5.69. The molecule has 0 fully saturated rings. The van der Waals surface area contributed by atoms with Crippen molar-refractivity contribution >= 4 is 28.9 Å². The first-order valence-corrected chi connectivity index (χ1v) is 9.89. The Balaban J connectivity index is 1.60. The standard InChI is InChI=1S/C24H23N7O/c1-3-4-6-18-13-17(9-10-20(18)25)14-19-15-27-24-12-11-23(29-31(19)24)28-21-7-5-8-22(16(21)2)30-32-26/h3-13,15H,1-2,14,25-26H2,(H,28,29)/b6-4-,30-22-. The minimum Gasteiger partial charge on any atom is -0.398 e. The second-order valence-corrected chi connectivity index (χ2v) is 7.10. The van der Waals surface area contributed by atoms with Crippen LogP contribution < -0.4 is 16.9 Å². The molecule has 32 heavy (non-hydrogen) atoms. The number of nitrogens with zero attached hydrogens (tertiary/aromatic N) is 4. The van der Waals surface area contributed by atoms with E-state index in [1.165, 1.54) is 0 Å². The van der Waals surface area contributed by atoms with Crippen molar-refractivity contribution in [2.75, 3.05) is 11.1 Å². The van der Waals surface area contributed by atoms with Crippen LogP contribution in [0, 0.1) is 0 Å². The molecule has 0 unspecified atom stereocenters. The zero-order valence-corrected chi connectivity index (χ0v) is 17.4. The second-order valence-electron chi connectivity index (χ2n) is 7.10. The SMILES string of the molecule is C=C/C=C\c1cc(Cc2cnc3ccc(NC4=CC=C/C(=N/ON)C4=C)nn23)ccc1N. The highest BCUT2D eigenvalue weighted by molar-refractivity contribution is 6.12. The van der Waals surface area contributed by atoms with Gasteiger partial charge in [-0.05, 0) is 47.5 Å². The molecule has 5 N–H and O–H groups in total. The number of imidazole rings is 1. The molecule has 0 radical (unpaired) electrons. The average Bonchev–Trinajstić information content (AvgIpc) is 3.19. The van der Waals surface area contributed by atoms with E-state index in [4.69, 9.17) is 16.7 Å². The molecule has 0 saturated carbocycles. The van der Waals surface area contributed by atoms with Gasteiger partial charge in [-0.2, -0.15) is 0 Å². The molecule has 0 amide bonds. The zero-order chi connectivity index (χ0) is 22.5. The number of hydrogen-bond acceptors (Lipinski definition) is 7. The van der Waals surface area contributed by atoms with E-state index in [-0.39, 0.29) is 0 Å². The first-order chi connectivity index (χ1) is 15.6. The molecule has 3 aromatic rings. The van der Waals surface area contributed by atoms with Crippen molar-refractivity contribution in [3.05, 3.63) is 108 Å². The van der Waals surface area contributed by atoms with Gasteiger partial charge in [-0.3, -0.25) is 0 Å². The van der Waals surface area contributed by atoms with E-state index in [1.54, 1.807) is 12.2 Å². The molecular formula is C24H23N7O. The first-order valence-electron chi connectivity index (χ1n) is 9.89. The van der Waals surface area contributed by atoms with Crippen molar-refractivity contribution in [2.45, 2.75) is 6.42 Å². The topological polar surface area (TPSA) is 116 Å². The van der Waals surface area contributed by atoms with E-state index < -0.39 is 0 Å². The number of fused-ring (bicyclic) bond motifs is 1. The molecule has 1 aromatic carbocycles. The Labute approximate surface area is 185 Å². The van der Waals surface area contributed by atoms with Gasteiger partial charge < -0.3 is 16.0 Å². The predicted octanol–water partition coefficient (Wildman–Crippen LogP) is 3.77. The normalized spacial score (nSPS) is 14.8. The van der Waals surface area contributed by atoms with E-state index >= 15 is 0 Å². The first kappa shape index (κ1) is 20.8. The summed E-state index contributed by atoms with van der Waals surface area (Å²) in [5.41, 5.74) is 12.5. The van der Waals surface area contributed by atoms with Gasteiger partial charge in [0, 0.05) is 23.4 Å². The molecule has 0 atom stereocenters. The maximum Gasteiger partial charge on any atom is 0.153 e. The van der Waals surface area contributed by atoms with Gasteiger partial charge in [0.05, 0.1) is 11.9 Å². The van der Waals surface area contributed by atoms with Crippen molar-refractivity contribution in [2.24, 2.45) is 11.1 Å². The van der Waals surface area contributed by atoms with Crippen molar-refractivity contribution in [1.29, 1.82) is 0 Å². The number of nitrogens with two attached hydrogens (primary N) is 2. The quantitative estimate of drug-likeness (QED) is 0.301. The van der Waals surface area contributed by atoms with Gasteiger partial charge in [0.1, 0.15) is 5.71 Å². The minimum absolute atomic E-state index is 0.534. The van der Waals surface area contributed by atoms with Crippen LogP contribution in [0.2, 0.25) is 0 Å². The molecule has 0 spiro atoms. The van der Waals surface area contributed by atoms with Gasteiger partial charge in [-0.1, -0.05) is 48.7 Å². The van der Waals surface area contributed by atoms with E-state index in [0.29, 0.717) is 29.2 Å². The Morgan fingerprint density at radius 3 is 2.94 bits per heavy atom. The Hall–Kier alpha value is -4.43. The van der Waals surface area contributed by atoms with Gasteiger partial charge in [-0.15, -0.1) is 11.0 Å². The van der Waals surface area contributed by atoms with Gasteiger partial charge >= 0.3 is 0 Å². The van der Waals surface area contributed by atoms with Gasteiger partial charge in [-0.25, -0.2) is 9.50 Å². The molecule has 2 aromatic heterocycles. The van der Waals surface area contributed by atoms with Gasteiger partial charge in [0.2, 0.25) is 0 Å². The Bertz CT molecular complexity index is 1310. The summed E-state index contributed by atoms with van der Waals surface area (Å²) in [6, 6.07) is 9.73. The largest absolute Gasteiger partial charge is 0.398 e. The third kappa shape index (κ3) is 4.35. The molecule has 2 heterocycles. The third-order valence-corrected chi connectivity index (χ3v) is 4.95. The zero-order valence-electron chi connectivity index (χ0n) is 17.4. The smallest absolute Gasteiger partial charge is 0.153 e. The van der Waals surface area contributed by atoms with Crippen LogP contribution in [0.4, 0.5) is 11.5 Å². The third-order valence-electron chi connectivity index (χ3n) is 4.95. The lowest BCUT2D eigenvalue weighted by Gasteiger charge is -2.15. The molecule has 8 nitrogen and oxygen atoms in total. The van der Waals surface area contributed by atoms with Crippen molar-refractivity contribution in [3.8, 4) is 0 Å². The van der Waals surface area contributed by atoms with E-state index in [2.05, 4.69) is 39.6 Å². The van der Waals surface area contributed by atoms with Gasteiger partial charge in [0.15, 0.2) is 11.5 Å². The molecule has 0 aliphatic heterocycles. The number of hydrogen-bond donors (Lipinski definition) is 3. The maximum atomic E-state index is 6.08. The Kier molecular flexibility index (Phi) is 5.96. The maximum absolute atomic E-state index is 6.08. The summed E-state index contributed by atoms with van der Waals surface area (Å²) >= 11 is 0. The number of rotatable bonds is 7. The van der Waals surface area contributed by atoms with Crippen LogP contribution in [0.25, 0.3) is 11.7 Å². The van der Waals surface area contributed by atoms with Crippen LogP contribution in [-0.2, 0) is 11.4 Å². The molecule has 160 valence electrons. The van der Waals surface area contributed by atoms with E-state index in [1.807, 2.05) is 59.3 Å². The van der Waals surface area contributed by atoms with Crippen LogP contribution in [0.1, 0.15) is 16.8 Å². The molecule has 0 saturated heterocycles. The minimum atomic E-state index is 0.534. The van der Waals surface area contributed by atoms with Crippen LogP contribution in [0.15, 0.2) is 96.5 Å². The molecule has 1 aliphatic carbocycles. The van der Waals surface area contributed by atoms with Crippen LogP contribution in [-0.4, -0.2) is 20.3 Å². The summed E-state index contributed by atoms with van der Waals surface area (Å²) in [7, 11) is 0. The summed E-state index contributed by atoms with van der Waals surface area (Å²) in [5, 5.41) is 11.7. The van der Waals surface area contributed by atoms with E-state index in [0.717, 1.165) is 28.2 Å². The lowest BCUT2D eigenvalue weighted by Crippen LogP contribution is -2.14. The number of nitrogen functional groups attached to an aromatic ring is 1. The van der Waals surface area contributed by atoms with Crippen LogP contribution in [0.5, 0.6) is 0 Å². The van der Waals surface area contributed by atoms with Crippen LogP contribution in [0.3, 0.4) is 0 Å². The Morgan fingerprint density at radius 2 is 2.12 bits per heavy atom. The number of benzene rings is 1. The molecule has 1 aliphatic rings. The number of aromatic nitrogens is 3. The summed E-state index contributed by atoms with van der Waals surface area (Å²) < 4.78 is 1.82. The highest BCUT2D eigenvalue weighted by Crippen LogP contribution is 2.21. The number of anilines is 2. The highest BCUT2D eigenvalue weighted by atomic mass is 16.7.